The van der Waals surface area contributed by atoms with Gasteiger partial charge >= 0.3 is 5.69 Å². The van der Waals surface area contributed by atoms with Crippen LogP contribution in [0.1, 0.15) is 64.2 Å². The van der Waals surface area contributed by atoms with Crippen molar-refractivity contribution in [3.8, 4) is 0 Å². The van der Waals surface area contributed by atoms with Crippen molar-refractivity contribution >= 4 is 40.1 Å². The van der Waals surface area contributed by atoms with Crippen molar-refractivity contribution in [2.75, 3.05) is 22.5 Å². The van der Waals surface area contributed by atoms with Crippen LogP contribution in [0.15, 0.2) is 38.9 Å². The van der Waals surface area contributed by atoms with Crippen molar-refractivity contribution in [2.24, 2.45) is 0 Å². The van der Waals surface area contributed by atoms with Crippen LogP contribution in [-0.4, -0.2) is 43.8 Å². The molecule has 3 aromatic rings. The highest BCUT2D eigenvalue weighted by molar-refractivity contribution is 8.00. The standard InChI is InChI=1S/C25H30N6O3S/c1-4-30(14(2)3)17-9-7-16(8-10-17)26-19(32)13-35-24-20-22(27-21(28-24)15-5-6-15)31(18-11-12-18)25(34)29-23(20)33/h7-10,14-15,18H,4-6,11-13H2,1-3H3,(H,26,32)(H,29,33,34). The number of anilines is 2. The number of nitrogens with one attached hydrogen (secondary N) is 2. The van der Waals surface area contributed by atoms with Crippen LogP contribution in [0, 0.1) is 0 Å². The number of hydrogen-bond donors (Lipinski definition) is 2. The Morgan fingerprint density at radius 3 is 2.49 bits per heavy atom. The molecule has 5 rings (SSSR count). The summed E-state index contributed by atoms with van der Waals surface area (Å²) in [6.07, 6.45) is 3.77. The van der Waals surface area contributed by atoms with Gasteiger partial charge in [0.25, 0.3) is 5.56 Å². The van der Waals surface area contributed by atoms with E-state index in [1.165, 1.54) is 11.8 Å². The van der Waals surface area contributed by atoms with Gasteiger partial charge in [0.2, 0.25) is 5.91 Å². The number of aromatic nitrogens is 4. The maximum atomic E-state index is 12.7. The number of fused-ring (bicyclic) bond motifs is 1. The molecule has 2 heterocycles. The van der Waals surface area contributed by atoms with E-state index >= 15 is 0 Å². The summed E-state index contributed by atoms with van der Waals surface area (Å²) in [5.74, 6) is 0.806. The van der Waals surface area contributed by atoms with E-state index in [0.29, 0.717) is 28.2 Å². The molecule has 0 unspecified atom stereocenters. The molecule has 1 aromatic carbocycles. The number of H-pyrrole nitrogens is 1. The second kappa shape index (κ2) is 9.49. The van der Waals surface area contributed by atoms with Crippen molar-refractivity contribution in [3.05, 3.63) is 50.9 Å². The highest BCUT2D eigenvalue weighted by Crippen LogP contribution is 2.40. The molecule has 184 valence electrons. The van der Waals surface area contributed by atoms with Crippen molar-refractivity contribution in [1.29, 1.82) is 0 Å². The summed E-state index contributed by atoms with van der Waals surface area (Å²) in [5.41, 5.74) is 1.28. The molecule has 0 saturated heterocycles. The van der Waals surface area contributed by atoms with Crippen LogP contribution >= 0.6 is 11.8 Å². The van der Waals surface area contributed by atoms with Gasteiger partial charge in [-0.25, -0.2) is 14.8 Å². The molecule has 0 radical (unpaired) electrons. The zero-order chi connectivity index (χ0) is 24.7. The summed E-state index contributed by atoms with van der Waals surface area (Å²) in [6.45, 7) is 7.32. The minimum atomic E-state index is -0.506. The number of benzene rings is 1. The lowest BCUT2D eigenvalue weighted by Gasteiger charge is -2.27. The van der Waals surface area contributed by atoms with Gasteiger partial charge in [-0.1, -0.05) is 11.8 Å². The number of amides is 1. The van der Waals surface area contributed by atoms with Gasteiger partial charge in [0, 0.05) is 35.9 Å². The van der Waals surface area contributed by atoms with E-state index < -0.39 is 11.2 Å². The van der Waals surface area contributed by atoms with E-state index in [-0.39, 0.29) is 29.0 Å². The number of nitrogens with zero attached hydrogens (tertiary/aromatic N) is 4. The lowest BCUT2D eigenvalue weighted by molar-refractivity contribution is -0.113. The fourth-order valence-corrected chi connectivity index (χ4v) is 5.17. The largest absolute Gasteiger partial charge is 0.369 e. The normalized spacial score (nSPS) is 15.5. The SMILES string of the molecule is CCN(c1ccc(NC(=O)CSc2nc(C3CC3)nc3c2c(=O)[nH]c(=O)n3C2CC2)cc1)C(C)C. The predicted molar refractivity (Wildman–Crippen MR) is 139 cm³/mol. The Labute approximate surface area is 207 Å². The van der Waals surface area contributed by atoms with E-state index in [1.807, 2.05) is 24.3 Å². The van der Waals surface area contributed by atoms with Gasteiger partial charge in [-0.05, 0) is 70.7 Å². The molecule has 9 nitrogen and oxygen atoms in total. The molecule has 2 aliphatic carbocycles. The van der Waals surface area contributed by atoms with Gasteiger partial charge < -0.3 is 10.2 Å². The maximum absolute atomic E-state index is 12.7. The Kier molecular flexibility index (Phi) is 6.39. The smallest absolute Gasteiger partial charge is 0.330 e. The molecule has 1 amide bonds. The maximum Gasteiger partial charge on any atom is 0.330 e. The first-order chi connectivity index (χ1) is 16.9. The summed E-state index contributed by atoms with van der Waals surface area (Å²) >= 11 is 1.21. The molecule has 2 N–H and O–H groups in total. The van der Waals surface area contributed by atoms with Gasteiger partial charge in [-0.3, -0.25) is 19.1 Å². The molecule has 2 fully saturated rings. The van der Waals surface area contributed by atoms with E-state index in [0.717, 1.165) is 37.9 Å². The quantitative estimate of drug-likeness (QED) is 0.345. The summed E-state index contributed by atoms with van der Waals surface area (Å²) in [7, 11) is 0. The van der Waals surface area contributed by atoms with E-state index in [2.05, 4.69) is 45.9 Å². The van der Waals surface area contributed by atoms with Crippen molar-refractivity contribution in [3.63, 3.8) is 0 Å². The van der Waals surface area contributed by atoms with Gasteiger partial charge in [0.05, 0.1) is 5.75 Å². The van der Waals surface area contributed by atoms with Gasteiger partial charge in [0.1, 0.15) is 16.2 Å². The summed E-state index contributed by atoms with van der Waals surface area (Å²) < 4.78 is 1.59. The molecule has 2 aliphatic rings. The minimum absolute atomic E-state index is 0.0623. The molecule has 2 saturated carbocycles. The summed E-state index contributed by atoms with van der Waals surface area (Å²) in [6, 6.07) is 8.25. The Bertz CT molecular complexity index is 1370. The van der Waals surface area contributed by atoms with Crippen LogP contribution in [0.2, 0.25) is 0 Å². The molecule has 2 aromatic heterocycles. The molecule has 0 bridgehead atoms. The van der Waals surface area contributed by atoms with Crippen LogP contribution < -0.4 is 21.5 Å². The third-order valence-electron chi connectivity index (χ3n) is 6.41. The average Bonchev–Trinajstić information content (AvgIpc) is 3.72. The molecule has 0 spiro atoms. The molecule has 0 aliphatic heterocycles. The fourth-order valence-electron chi connectivity index (χ4n) is 4.35. The Hall–Kier alpha value is -3.14. The van der Waals surface area contributed by atoms with E-state index in [9.17, 15) is 14.4 Å². The van der Waals surface area contributed by atoms with Crippen molar-refractivity contribution in [2.45, 2.75) is 69.5 Å². The van der Waals surface area contributed by atoms with Crippen LogP contribution in [0.4, 0.5) is 11.4 Å². The second-order valence-corrected chi connectivity index (χ2v) is 10.4. The van der Waals surface area contributed by atoms with Crippen LogP contribution in [0.5, 0.6) is 0 Å². The van der Waals surface area contributed by atoms with E-state index in [4.69, 9.17) is 0 Å². The van der Waals surface area contributed by atoms with Gasteiger partial charge in [-0.2, -0.15) is 0 Å². The lowest BCUT2D eigenvalue weighted by Crippen LogP contribution is -2.31. The number of thioether (sulfide) groups is 1. The number of carbonyl (C=O) groups excluding carboxylic acids is 1. The Balaban J connectivity index is 1.36. The first kappa shape index (κ1) is 23.6. The average molecular weight is 495 g/mol. The lowest BCUT2D eigenvalue weighted by atomic mass is 10.2. The molecule has 35 heavy (non-hydrogen) atoms. The highest BCUT2D eigenvalue weighted by atomic mass is 32.2. The topological polar surface area (TPSA) is 113 Å². The van der Waals surface area contributed by atoms with Crippen molar-refractivity contribution in [1.82, 2.24) is 19.5 Å². The number of aromatic amines is 1. The van der Waals surface area contributed by atoms with Crippen LogP contribution in [-0.2, 0) is 4.79 Å². The van der Waals surface area contributed by atoms with Crippen LogP contribution in [0.3, 0.4) is 0 Å². The molecule has 0 atom stereocenters. The first-order valence-electron chi connectivity index (χ1n) is 12.2. The number of carbonyl (C=O) groups is 1. The Morgan fingerprint density at radius 2 is 1.89 bits per heavy atom. The van der Waals surface area contributed by atoms with Gasteiger partial charge in [-0.15, -0.1) is 0 Å². The molecular weight excluding hydrogens is 464 g/mol. The summed E-state index contributed by atoms with van der Waals surface area (Å²) in [4.78, 5) is 51.9. The molecule has 10 heteroatoms. The van der Waals surface area contributed by atoms with Gasteiger partial charge in [0.15, 0.2) is 5.65 Å². The number of hydrogen-bond acceptors (Lipinski definition) is 7. The second-order valence-electron chi connectivity index (χ2n) is 9.48. The Morgan fingerprint density at radius 1 is 1.17 bits per heavy atom. The summed E-state index contributed by atoms with van der Waals surface area (Å²) in [5, 5.41) is 3.66. The predicted octanol–water partition coefficient (Wildman–Crippen LogP) is 3.66. The third kappa shape index (κ3) is 4.98. The van der Waals surface area contributed by atoms with Crippen molar-refractivity contribution < 1.29 is 4.79 Å². The first-order valence-corrected chi connectivity index (χ1v) is 13.2. The van der Waals surface area contributed by atoms with E-state index in [1.54, 1.807) is 4.57 Å². The fraction of sp³-hybridized carbons (Fsp3) is 0.480. The monoisotopic (exact) mass is 494 g/mol. The highest BCUT2D eigenvalue weighted by Gasteiger charge is 2.32. The third-order valence-corrected chi connectivity index (χ3v) is 7.39. The van der Waals surface area contributed by atoms with Crippen LogP contribution in [0.25, 0.3) is 11.0 Å². The number of rotatable bonds is 9. The molecular formula is C25H30N6O3S. The minimum Gasteiger partial charge on any atom is -0.369 e. The zero-order valence-corrected chi connectivity index (χ0v) is 21.0. The zero-order valence-electron chi connectivity index (χ0n) is 20.2.